The zero-order valence-electron chi connectivity index (χ0n) is 21.6. The number of aliphatic carboxylic acids is 1. The van der Waals surface area contributed by atoms with Crippen LogP contribution in [0.1, 0.15) is 44.4 Å². The minimum absolute atomic E-state index is 0.0783. The number of carbonyl (C=O) groups is 4. The SMILES string of the molecule is CC[C@@H](C)[C@H](NC(=O)[C@@H](N)Cc1ccc(O)cc1)C(=O)N[C@H](Cc1cnc[nH]1)C(=O)N1CCC[C@@H]1C(=O)O. The molecule has 1 aromatic heterocycles. The smallest absolute Gasteiger partial charge is 0.326 e. The lowest BCUT2D eigenvalue weighted by Gasteiger charge is -2.30. The number of amides is 3. The molecule has 0 radical (unpaired) electrons. The quantitative estimate of drug-likeness (QED) is 0.227. The Morgan fingerprint density at radius 1 is 1.16 bits per heavy atom. The molecule has 2 heterocycles. The number of nitrogens with zero attached hydrogens (tertiary/aromatic N) is 2. The Morgan fingerprint density at radius 3 is 2.47 bits per heavy atom. The maximum atomic E-state index is 13.5. The number of aromatic amines is 1. The molecule has 2 aromatic rings. The van der Waals surface area contributed by atoms with Crippen molar-refractivity contribution in [2.75, 3.05) is 6.54 Å². The molecule has 5 atom stereocenters. The van der Waals surface area contributed by atoms with Crippen molar-refractivity contribution < 1.29 is 29.4 Å². The molecule has 1 fully saturated rings. The van der Waals surface area contributed by atoms with Crippen LogP contribution in [-0.4, -0.2) is 79.5 Å². The largest absolute Gasteiger partial charge is 0.508 e. The maximum absolute atomic E-state index is 13.5. The van der Waals surface area contributed by atoms with Crippen LogP contribution in [0, 0.1) is 5.92 Å². The van der Waals surface area contributed by atoms with Crippen molar-refractivity contribution in [3.05, 3.63) is 48.0 Å². The molecular formula is C26H36N6O6. The van der Waals surface area contributed by atoms with E-state index in [9.17, 15) is 29.4 Å². The fraction of sp³-hybridized carbons (Fsp3) is 0.500. The number of phenolic OH excluding ortho intramolecular Hbond substituents is 1. The first-order valence-corrected chi connectivity index (χ1v) is 12.8. The fourth-order valence-corrected chi connectivity index (χ4v) is 4.51. The van der Waals surface area contributed by atoms with Gasteiger partial charge in [-0.25, -0.2) is 9.78 Å². The predicted molar refractivity (Wildman–Crippen MR) is 138 cm³/mol. The zero-order valence-corrected chi connectivity index (χ0v) is 21.6. The van der Waals surface area contributed by atoms with Gasteiger partial charge in [0.15, 0.2) is 0 Å². The highest BCUT2D eigenvalue weighted by Crippen LogP contribution is 2.20. The lowest BCUT2D eigenvalue weighted by molar-refractivity contribution is -0.149. The Labute approximate surface area is 221 Å². The second-order valence-electron chi connectivity index (χ2n) is 9.72. The minimum atomic E-state index is -1.09. The third kappa shape index (κ3) is 7.31. The topological polar surface area (TPSA) is 191 Å². The van der Waals surface area contributed by atoms with Crippen molar-refractivity contribution in [1.82, 2.24) is 25.5 Å². The van der Waals surface area contributed by atoms with Gasteiger partial charge in [0.25, 0.3) is 0 Å². The van der Waals surface area contributed by atoms with E-state index in [1.807, 2.05) is 13.8 Å². The molecule has 0 bridgehead atoms. The van der Waals surface area contributed by atoms with Crippen molar-refractivity contribution in [1.29, 1.82) is 0 Å². The number of aromatic hydroxyl groups is 1. The summed E-state index contributed by atoms with van der Waals surface area (Å²) in [6, 6.07) is 2.41. The highest BCUT2D eigenvalue weighted by atomic mass is 16.4. The molecule has 7 N–H and O–H groups in total. The third-order valence-corrected chi connectivity index (χ3v) is 6.94. The minimum Gasteiger partial charge on any atom is -0.508 e. The average molecular weight is 529 g/mol. The molecular weight excluding hydrogens is 492 g/mol. The molecule has 1 aromatic carbocycles. The predicted octanol–water partition coefficient (Wildman–Crippen LogP) is 0.319. The van der Waals surface area contributed by atoms with E-state index in [0.29, 0.717) is 25.0 Å². The van der Waals surface area contributed by atoms with E-state index < -0.39 is 47.9 Å². The third-order valence-electron chi connectivity index (χ3n) is 6.94. The Hall–Kier alpha value is -3.93. The average Bonchev–Trinajstić information content (AvgIpc) is 3.59. The van der Waals surface area contributed by atoms with Crippen molar-refractivity contribution >= 4 is 23.7 Å². The second kappa shape index (κ2) is 13.0. The number of likely N-dealkylation sites (tertiary alicyclic amines) is 1. The number of aromatic nitrogens is 2. The standard InChI is InChI=1S/C26H36N6O6/c1-3-15(2)22(31-23(34)19(27)11-16-6-8-18(33)9-7-16)24(35)30-20(12-17-13-28-14-29-17)25(36)32-10-4-5-21(32)26(37)38/h6-9,13-15,19-22,33H,3-5,10-12,27H2,1-2H3,(H,28,29)(H,30,35)(H,31,34)(H,37,38)/t15-,19+,20-,21-,22+/m1/s1. The number of carboxylic acid groups (broad SMARTS) is 1. The normalized spacial score (nSPS) is 18.3. The molecule has 12 nitrogen and oxygen atoms in total. The molecule has 0 aliphatic carbocycles. The van der Waals surface area contributed by atoms with Gasteiger partial charge in [-0.05, 0) is 42.9 Å². The molecule has 1 aliphatic rings. The summed E-state index contributed by atoms with van der Waals surface area (Å²) in [5, 5.41) is 24.5. The number of nitrogens with two attached hydrogens (primary N) is 1. The van der Waals surface area contributed by atoms with E-state index in [2.05, 4.69) is 20.6 Å². The maximum Gasteiger partial charge on any atom is 0.326 e. The number of H-pyrrole nitrogens is 1. The Bertz CT molecular complexity index is 1110. The molecule has 12 heteroatoms. The molecule has 0 saturated carbocycles. The van der Waals surface area contributed by atoms with Crippen molar-refractivity contribution in [2.24, 2.45) is 11.7 Å². The van der Waals surface area contributed by atoms with Gasteiger partial charge in [0.2, 0.25) is 17.7 Å². The van der Waals surface area contributed by atoms with E-state index in [0.717, 1.165) is 5.56 Å². The van der Waals surface area contributed by atoms with Gasteiger partial charge in [-0.1, -0.05) is 32.4 Å². The van der Waals surface area contributed by atoms with Crippen molar-refractivity contribution in [2.45, 2.75) is 70.1 Å². The summed E-state index contributed by atoms with van der Waals surface area (Å²) in [6.07, 6.45) is 4.72. The number of hydrogen-bond acceptors (Lipinski definition) is 7. The Morgan fingerprint density at radius 2 is 1.87 bits per heavy atom. The first-order chi connectivity index (χ1) is 18.1. The van der Waals surface area contributed by atoms with Crippen LogP contribution in [-0.2, 0) is 32.0 Å². The summed E-state index contributed by atoms with van der Waals surface area (Å²) in [5.41, 5.74) is 7.45. The van der Waals surface area contributed by atoms with Crippen LogP contribution in [0.4, 0.5) is 0 Å². The van der Waals surface area contributed by atoms with Gasteiger partial charge in [0, 0.05) is 24.9 Å². The number of hydrogen-bond donors (Lipinski definition) is 6. The van der Waals surface area contributed by atoms with E-state index in [1.54, 1.807) is 12.1 Å². The van der Waals surface area contributed by atoms with Crippen LogP contribution in [0.2, 0.25) is 0 Å². The molecule has 206 valence electrons. The molecule has 1 aliphatic heterocycles. The van der Waals surface area contributed by atoms with Gasteiger partial charge in [0.05, 0.1) is 12.4 Å². The van der Waals surface area contributed by atoms with E-state index in [-0.39, 0.29) is 31.1 Å². The molecule has 3 amide bonds. The van der Waals surface area contributed by atoms with E-state index >= 15 is 0 Å². The summed E-state index contributed by atoms with van der Waals surface area (Å²) < 4.78 is 0. The van der Waals surface area contributed by atoms with Crippen LogP contribution < -0.4 is 16.4 Å². The van der Waals surface area contributed by atoms with Crippen LogP contribution >= 0.6 is 0 Å². The van der Waals surface area contributed by atoms with Crippen LogP contribution in [0.5, 0.6) is 5.75 Å². The number of nitrogens with one attached hydrogen (secondary N) is 3. The van der Waals surface area contributed by atoms with Crippen LogP contribution in [0.15, 0.2) is 36.8 Å². The summed E-state index contributed by atoms with van der Waals surface area (Å²) >= 11 is 0. The molecule has 3 rings (SSSR count). The van der Waals surface area contributed by atoms with Crippen molar-refractivity contribution in [3.63, 3.8) is 0 Å². The lowest BCUT2D eigenvalue weighted by atomic mass is 9.96. The van der Waals surface area contributed by atoms with Gasteiger partial charge >= 0.3 is 5.97 Å². The van der Waals surface area contributed by atoms with Gasteiger partial charge in [0.1, 0.15) is 23.9 Å². The lowest BCUT2D eigenvalue weighted by Crippen LogP contribution is -2.59. The summed E-state index contributed by atoms with van der Waals surface area (Å²) in [4.78, 5) is 59.7. The number of benzene rings is 1. The first kappa shape index (κ1) is 28.6. The van der Waals surface area contributed by atoms with Crippen LogP contribution in [0.25, 0.3) is 0 Å². The number of carbonyl (C=O) groups excluding carboxylic acids is 3. The molecule has 0 spiro atoms. The Kier molecular flexibility index (Phi) is 9.83. The monoisotopic (exact) mass is 528 g/mol. The van der Waals surface area contributed by atoms with Gasteiger partial charge in [-0.15, -0.1) is 0 Å². The molecule has 1 saturated heterocycles. The van der Waals surface area contributed by atoms with Gasteiger partial charge in [-0.2, -0.15) is 0 Å². The number of rotatable bonds is 12. The Balaban J connectivity index is 1.75. The van der Waals surface area contributed by atoms with E-state index in [4.69, 9.17) is 5.73 Å². The fourth-order valence-electron chi connectivity index (χ4n) is 4.51. The number of carboxylic acids is 1. The zero-order chi connectivity index (χ0) is 27.8. The molecule has 38 heavy (non-hydrogen) atoms. The summed E-state index contributed by atoms with van der Waals surface area (Å²) in [6.45, 7) is 3.97. The second-order valence-corrected chi connectivity index (χ2v) is 9.72. The van der Waals surface area contributed by atoms with Gasteiger partial charge in [-0.3, -0.25) is 14.4 Å². The summed E-state index contributed by atoms with van der Waals surface area (Å²) in [7, 11) is 0. The first-order valence-electron chi connectivity index (χ1n) is 12.8. The highest BCUT2D eigenvalue weighted by Gasteiger charge is 2.39. The highest BCUT2D eigenvalue weighted by molar-refractivity contribution is 5.94. The number of phenols is 1. The van der Waals surface area contributed by atoms with E-state index in [1.165, 1.54) is 29.6 Å². The number of imidazole rings is 1. The van der Waals surface area contributed by atoms with Gasteiger partial charge < -0.3 is 36.5 Å². The summed E-state index contributed by atoms with van der Waals surface area (Å²) in [5.74, 6) is -2.86. The van der Waals surface area contributed by atoms with Crippen LogP contribution in [0.3, 0.4) is 0 Å². The van der Waals surface area contributed by atoms with Crippen molar-refractivity contribution in [3.8, 4) is 5.75 Å². The molecule has 0 unspecified atom stereocenters.